The lowest BCUT2D eigenvalue weighted by Crippen LogP contribution is -2.47. The molecule has 1 N–H and O–H groups in total. The molecule has 0 bridgehead atoms. The summed E-state index contributed by atoms with van der Waals surface area (Å²) in [5.74, 6) is 0.770. The molecule has 1 saturated heterocycles. The summed E-state index contributed by atoms with van der Waals surface area (Å²) in [5.41, 5.74) is 1.44. The molecule has 0 aromatic heterocycles. The molecular formula is C18H29N3. The van der Waals surface area contributed by atoms with Crippen molar-refractivity contribution in [2.45, 2.75) is 32.4 Å². The van der Waals surface area contributed by atoms with Gasteiger partial charge in [-0.3, -0.25) is 4.90 Å². The topological polar surface area (TPSA) is 18.5 Å². The van der Waals surface area contributed by atoms with E-state index in [9.17, 15) is 0 Å². The first kappa shape index (κ1) is 15.0. The van der Waals surface area contributed by atoms with E-state index >= 15 is 0 Å². The Kier molecular flexibility index (Phi) is 5.28. The number of nitrogens with one attached hydrogen (secondary N) is 1. The van der Waals surface area contributed by atoms with Crippen LogP contribution in [0.25, 0.3) is 0 Å². The summed E-state index contributed by atoms with van der Waals surface area (Å²) in [4.78, 5) is 5.22. The number of rotatable bonds is 7. The fourth-order valence-electron chi connectivity index (χ4n) is 3.13. The maximum Gasteiger partial charge on any atom is 0.0234 e. The SMILES string of the molecule is CC(CNC1CC1)CN1CCN(Cc2ccccc2)CC1. The van der Waals surface area contributed by atoms with Crippen LogP contribution in [0.5, 0.6) is 0 Å². The highest BCUT2D eigenvalue weighted by atomic mass is 15.3. The Hall–Kier alpha value is -0.900. The Morgan fingerprint density at radius 1 is 1.05 bits per heavy atom. The van der Waals surface area contributed by atoms with Gasteiger partial charge in [-0.15, -0.1) is 0 Å². The van der Waals surface area contributed by atoms with Crippen LogP contribution in [0, 0.1) is 5.92 Å². The van der Waals surface area contributed by atoms with Gasteiger partial charge >= 0.3 is 0 Å². The number of benzene rings is 1. The van der Waals surface area contributed by atoms with Gasteiger partial charge in [0, 0.05) is 45.3 Å². The maximum absolute atomic E-state index is 3.65. The lowest BCUT2D eigenvalue weighted by molar-refractivity contribution is 0.115. The molecule has 1 aromatic carbocycles. The van der Waals surface area contributed by atoms with Crippen LogP contribution in [-0.4, -0.2) is 55.1 Å². The highest BCUT2D eigenvalue weighted by Gasteiger charge is 2.22. The molecule has 1 heterocycles. The van der Waals surface area contributed by atoms with Crippen molar-refractivity contribution in [2.24, 2.45) is 5.92 Å². The zero-order valence-electron chi connectivity index (χ0n) is 13.3. The van der Waals surface area contributed by atoms with Crippen LogP contribution in [0.15, 0.2) is 30.3 Å². The van der Waals surface area contributed by atoms with Crippen LogP contribution in [0.4, 0.5) is 0 Å². The van der Waals surface area contributed by atoms with Crippen LogP contribution >= 0.6 is 0 Å². The molecular weight excluding hydrogens is 258 g/mol. The van der Waals surface area contributed by atoms with E-state index in [4.69, 9.17) is 0 Å². The molecule has 3 heteroatoms. The normalized spacial score (nSPS) is 22.3. The molecule has 21 heavy (non-hydrogen) atoms. The number of hydrogen-bond donors (Lipinski definition) is 1. The molecule has 3 nitrogen and oxygen atoms in total. The maximum atomic E-state index is 3.65. The van der Waals surface area contributed by atoms with Gasteiger partial charge in [0.25, 0.3) is 0 Å². The van der Waals surface area contributed by atoms with Gasteiger partial charge in [0.15, 0.2) is 0 Å². The summed E-state index contributed by atoms with van der Waals surface area (Å²) < 4.78 is 0. The van der Waals surface area contributed by atoms with E-state index in [0.29, 0.717) is 0 Å². The third kappa shape index (κ3) is 5.10. The van der Waals surface area contributed by atoms with Crippen molar-refractivity contribution in [3.05, 3.63) is 35.9 Å². The molecule has 0 amide bonds. The highest BCUT2D eigenvalue weighted by molar-refractivity contribution is 5.14. The van der Waals surface area contributed by atoms with Crippen molar-refractivity contribution >= 4 is 0 Å². The van der Waals surface area contributed by atoms with Crippen LogP contribution in [0.2, 0.25) is 0 Å². The van der Waals surface area contributed by atoms with Crippen LogP contribution in [-0.2, 0) is 6.54 Å². The second-order valence-corrected chi connectivity index (χ2v) is 6.85. The minimum atomic E-state index is 0.770. The van der Waals surface area contributed by atoms with Crippen LogP contribution < -0.4 is 5.32 Å². The van der Waals surface area contributed by atoms with Gasteiger partial charge < -0.3 is 10.2 Å². The second kappa shape index (κ2) is 7.39. The van der Waals surface area contributed by atoms with Crippen molar-refractivity contribution in [3.8, 4) is 0 Å². The van der Waals surface area contributed by atoms with E-state index in [2.05, 4.69) is 52.4 Å². The molecule has 116 valence electrons. The monoisotopic (exact) mass is 287 g/mol. The Labute approximate surface area is 129 Å². The Morgan fingerprint density at radius 2 is 1.71 bits per heavy atom. The molecule has 0 radical (unpaired) electrons. The third-order valence-electron chi connectivity index (χ3n) is 4.62. The van der Waals surface area contributed by atoms with Gasteiger partial charge in [0.2, 0.25) is 0 Å². The van der Waals surface area contributed by atoms with Gasteiger partial charge in [-0.1, -0.05) is 37.3 Å². The fourth-order valence-corrected chi connectivity index (χ4v) is 3.13. The third-order valence-corrected chi connectivity index (χ3v) is 4.62. The molecule has 2 aliphatic rings. The zero-order chi connectivity index (χ0) is 14.5. The van der Waals surface area contributed by atoms with E-state index in [0.717, 1.165) is 18.5 Å². The van der Waals surface area contributed by atoms with Crippen molar-refractivity contribution in [1.29, 1.82) is 0 Å². The van der Waals surface area contributed by atoms with Crippen LogP contribution in [0.1, 0.15) is 25.3 Å². The minimum absolute atomic E-state index is 0.770. The van der Waals surface area contributed by atoms with Gasteiger partial charge in [-0.25, -0.2) is 0 Å². The number of piperazine rings is 1. The van der Waals surface area contributed by atoms with Crippen molar-refractivity contribution in [2.75, 3.05) is 39.3 Å². The minimum Gasteiger partial charge on any atom is -0.314 e. The summed E-state index contributed by atoms with van der Waals surface area (Å²) in [6.45, 7) is 10.8. The largest absolute Gasteiger partial charge is 0.314 e. The first-order valence-corrected chi connectivity index (χ1v) is 8.51. The fraction of sp³-hybridized carbons (Fsp3) is 0.667. The molecule has 0 spiro atoms. The molecule has 1 saturated carbocycles. The standard InChI is InChI=1S/C18H29N3/c1-16(13-19-18-7-8-18)14-20-9-11-21(12-10-20)15-17-5-3-2-4-6-17/h2-6,16,18-19H,7-15H2,1H3. The summed E-state index contributed by atoms with van der Waals surface area (Å²) in [7, 11) is 0. The quantitative estimate of drug-likeness (QED) is 0.829. The van der Waals surface area contributed by atoms with Crippen molar-refractivity contribution < 1.29 is 0 Å². The molecule has 1 unspecified atom stereocenters. The van der Waals surface area contributed by atoms with E-state index in [1.807, 2.05) is 0 Å². The molecule has 1 aliphatic carbocycles. The first-order valence-electron chi connectivity index (χ1n) is 8.51. The van der Waals surface area contributed by atoms with Gasteiger partial charge in [-0.2, -0.15) is 0 Å². The van der Waals surface area contributed by atoms with Crippen molar-refractivity contribution in [1.82, 2.24) is 15.1 Å². The molecule has 2 fully saturated rings. The summed E-state index contributed by atoms with van der Waals surface area (Å²) in [6, 6.07) is 11.7. The van der Waals surface area contributed by atoms with E-state index in [1.165, 1.54) is 57.7 Å². The first-order chi connectivity index (χ1) is 10.3. The van der Waals surface area contributed by atoms with Gasteiger partial charge in [-0.05, 0) is 30.9 Å². The Balaban J connectivity index is 1.34. The lowest BCUT2D eigenvalue weighted by Gasteiger charge is -2.36. The molecule has 3 rings (SSSR count). The summed E-state index contributed by atoms with van der Waals surface area (Å²) in [6.07, 6.45) is 2.79. The predicted molar refractivity (Wildman–Crippen MR) is 88.3 cm³/mol. The molecule has 1 aliphatic heterocycles. The van der Waals surface area contributed by atoms with E-state index < -0.39 is 0 Å². The summed E-state index contributed by atoms with van der Waals surface area (Å²) >= 11 is 0. The smallest absolute Gasteiger partial charge is 0.0234 e. The molecule has 1 aromatic rings. The average molecular weight is 287 g/mol. The zero-order valence-corrected chi connectivity index (χ0v) is 13.3. The highest BCUT2D eigenvalue weighted by Crippen LogP contribution is 2.19. The average Bonchev–Trinajstić information content (AvgIpc) is 3.33. The van der Waals surface area contributed by atoms with E-state index in [1.54, 1.807) is 0 Å². The van der Waals surface area contributed by atoms with Crippen molar-refractivity contribution in [3.63, 3.8) is 0 Å². The Bertz CT molecular complexity index is 408. The number of hydrogen-bond acceptors (Lipinski definition) is 3. The molecule has 1 atom stereocenters. The number of nitrogens with zero attached hydrogens (tertiary/aromatic N) is 2. The lowest BCUT2D eigenvalue weighted by atomic mass is 10.1. The summed E-state index contributed by atoms with van der Waals surface area (Å²) in [5, 5.41) is 3.65. The second-order valence-electron chi connectivity index (χ2n) is 6.85. The van der Waals surface area contributed by atoms with Gasteiger partial charge in [0.1, 0.15) is 0 Å². The van der Waals surface area contributed by atoms with E-state index in [-0.39, 0.29) is 0 Å². The van der Waals surface area contributed by atoms with Gasteiger partial charge in [0.05, 0.1) is 0 Å². The Morgan fingerprint density at radius 3 is 2.38 bits per heavy atom. The van der Waals surface area contributed by atoms with Crippen LogP contribution in [0.3, 0.4) is 0 Å². The predicted octanol–water partition coefficient (Wildman–Crippen LogP) is 2.19.